The topological polar surface area (TPSA) is 62.1 Å². The molecule has 0 aliphatic carbocycles. The van der Waals surface area contributed by atoms with Gasteiger partial charge in [0.25, 0.3) is 0 Å². The number of pyridine rings is 1. The van der Waals surface area contributed by atoms with E-state index >= 15 is 0 Å². The van der Waals surface area contributed by atoms with Crippen molar-refractivity contribution in [3.05, 3.63) is 67.0 Å². The van der Waals surface area contributed by atoms with Crippen molar-refractivity contribution in [3.63, 3.8) is 0 Å². The van der Waals surface area contributed by atoms with Gasteiger partial charge in [-0.25, -0.2) is 9.55 Å². The molecule has 0 bridgehead atoms. The molecule has 0 atom stereocenters. The van der Waals surface area contributed by atoms with E-state index in [0.717, 1.165) is 86.5 Å². The van der Waals surface area contributed by atoms with Crippen LogP contribution in [0.1, 0.15) is 59.3 Å². The van der Waals surface area contributed by atoms with Crippen LogP contribution in [0.5, 0.6) is 0 Å². The average molecular weight is 560 g/mol. The fourth-order valence-electron chi connectivity index (χ4n) is 6.19. The number of fused-ring (bicyclic) bond motifs is 10. The molecule has 4 aromatic heterocycles. The molecule has 0 unspecified atom stereocenters. The molecule has 0 saturated carbocycles. The quantitative estimate of drug-likeness (QED) is 0.160. The molecular formula is C36H39N4O2+. The van der Waals surface area contributed by atoms with Crippen LogP contribution < -0.4 is 9.47 Å². The zero-order valence-corrected chi connectivity index (χ0v) is 24.9. The molecule has 42 heavy (non-hydrogen) atoms. The minimum Gasteiger partial charge on any atom is -0.454 e. The molecule has 0 fully saturated rings. The molecule has 1 N–H and O–H groups in total. The third kappa shape index (κ3) is 4.50. The van der Waals surface area contributed by atoms with Crippen molar-refractivity contribution in [2.75, 3.05) is 18.0 Å². The smallest absolute Gasteiger partial charge is 0.228 e. The lowest BCUT2D eigenvalue weighted by molar-refractivity contribution is -0.697. The van der Waals surface area contributed by atoms with Crippen LogP contribution in [-0.4, -0.2) is 23.1 Å². The molecule has 0 saturated heterocycles. The second-order valence-electron chi connectivity index (χ2n) is 11.5. The first-order valence-corrected chi connectivity index (χ1v) is 15.6. The Morgan fingerprint density at radius 2 is 1.55 bits per heavy atom. The van der Waals surface area contributed by atoms with Crippen molar-refractivity contribution in [2.24, 2.45) is 0 Å². The van der Waals surface area contributed by atoms with Crippen molar-refractivity contribution in [2.45, 2.75) is 65.8 Å². The van der Waals surface area contributed by atoms with E-state index in [0.29, 0.717) is 5.89 Å². The van der Waals surface area contributed by atoms with E-state index in [2.05, 4.69) is 102 Å². The van der Waals surface area contributed by atoms with Gasteiger partial charge in [0.05, 0.1) is 5.52 Å². The maximum absolute atomic E-state index is 6.74. The molecule has 3 aromatic carbocycles. The number of hydrogen-bond acceptors (Lipinski definition) is 4. The second-order valence-corrected chi connectivity index (χ2v) is 11.5. The SMILES string of the molecule is CCCCN(CCCC)c1ccc2c(c1)oc1c3nc(-c4cc[n+](CCCC)cc4)oc3c3[nH]c4ccccc4c3c21. The summed E-state index contributed by atoms with van der Waals surface area (Å²) in [4.78, 5) is 11.2. The number of aromatic amines is 1. The number of aryl methyl sites for hydroxylation is 1. The minimum absolute atomic E-state index is 0.603. The van der Waals surface area contributed by atoms with Gasteiger partial charge in [-0.2, -0.15) is 0 Å². The lowest BCUT2D eigenvalue weighted by Crippen LogP contribution is -2.32. The molecule has 7 rings (SSSR count). The fraction of sp³-hybridized carbons (Fsp3) is 0.333. The van der Waals surface area contributed by atoms with Crippen LogP contribution in [0, 0.1) is 0 Å². The maximum Gasteiger partial charge on any atom is 0.228 e. The number of benzene rings is 3. The Morgan fingerprint density at radius 3 is 2.31 bits per heavy atom. The zero-order valence-electron chi connectivity index (χ0n) is 24.9. The normalized spacial score (nSPS) is 12.1. The molecule has 7 aromatic rings. The second kappa shape index (κ2) is 11.2. The first-order valence-electron chi connectivity index (χ1n) is 15.6. The van der Waals surface area contributed by atoms with Crippen molar-refractivity contribution in [1.29, 1.82) is 0 Å². The highest BCUT2D eigenvalue weighted by Gasteiger charge is 2.24. The summed E-state index contributed by atoms with van der Waals surface area (Å²) in [6, 6.07) is 19.4. The first-order chi connectivity index (χ1) is 20.7. The number of para-hydroxylation sites is 1. The molecule has 0 amide bonds. The fourth-order valence-corrected chi connectivity index (χ4v) is 6.19. The number of hydrogen-bond donors (Lipinski definition) is 1. The van der Waals surface area contributed by atoms with Gasteiger partial charge in [0, 0.05) is 76.0 Å². The number of H-pyrrole nitrogens is 1. The number of anilines is 1. The van der Waals surface area contributed by atoms with Crippen molar-refractivity contribution in [1.82, 2.24) is 9.97 Å². The third-order valence-corrected chi connectivity index (χ3v) is 8.54. The number of nitrogens with one attached hydrogen (secondary N) is 1. The molecule has 0 aliphatic heterocycles. The van der Waals surface area contributed by atoms with Gasteiger partial charge in [0.15, 0.2) is 29.1 Å². The van der Waals surface area contributed by atoms with Crippen molar-refractivity contribution >= 4 is 60.5 Å². The predicted molar refractivity (Wildman–Crippen MR) is 173 cm³/mol. The summed E-state index contributed by atoms with van der Waals surface area (Å²) >= 11 is 0. The summed E-state index contributed by atoms with van der Waals surface area (Å²) < 4.78 is 15.5. The maximum atomic E-state index is 6.74. The highest BCUT2D eigenvalue weighted by atomic mass is 16.4. The van der Waals surface area contributed by atoms with Gasteiger partial charge in [-0.05, 0) is 31.0 Å². The lowest BCUT2D eigenvalue weighted by Gasteiger charge is -2.24. The number of furan rings is 1. The summed E-state index contributed by atoms with van der Waals surface area (Å²) in [7, 11) is 0. The largest absolute Gasteiger partial charge is 0.454 e. The Labute approximate surface area is 245 Å². The minimum atomic E-state index is 0.603. The van der Waals surface area contributed by atoms with Crippen LogP contribution in [0.15, 0.2) is 75.8 Å². The molecular weight excluding hydrogens is 520 g/mol. The van der Waals surface area contributed by atoms with E-state index in [1.807, 2.05) is 0 Å². The van der Waals surface area contributed by atoms with Crippen LogP contribution >= 0.6 is 0 Å². The van der Waals surface area contributed by atoms with Gasteiger partial charge >= 0.3 is 0 Å². The van der Waals surface area contributed by atoms with Gasteiger partial charge < -0.3 is 18.7 Å². The number of unbranched alkanes of at least 4 members (excludes halogenated alkanes) is 3. The van der Waals surface area contributed by atoms with Gasteiger partial charge in [-0.1, -0.05) is 58.2 Å². The summed E-state index contributed by atoms with van der Waals surface area (Å²) in [6.45, 7) is 9.85. The Bertz CT molecular complexity index is 2000. The Kier molecular flexibility index (Phi) is 7.06. The van der Waals surface area contributed by atoms with Crippen LogP contribution in [0.4, 0.5) is 5.69 Å². The standard InChI is InChI=1S/C36H38N4O2/c1-4-7-18-39-21-16-24(17-22-39)36-38-33-34-31(30-26-12-10-11-13-28(26)37-32(30)35(33)42-36)27-15-14-25(23-29(27)41-34)40(19-8-5-2)20-9-6-3/h10-17,21-23H,4-9,18-20H2,1-3H3/p+1. The third-order valence-electron chi connectivity index (χ3n) is 8.54. The van der Waals surface area contributed by atoms with Gasteiger partial charge in [0.1, 0.15) is 12.1 Å². The molecule has 0 radical (unpaired) electrons. The molecule has 0 spiro atoms. The monoisotopic (exact) mass is 559 g/mol. The van der Waals surface area contributed by atoms with E-state index in [9.17, 15) is 0 Å². The van der Waals surface area contributed by atoms with Crippen molar-refractivity contribution < 1.29 is 13.4 Å². The van der Waals surface area contributed by atoms with E-state index in [1.165, 1.54) is 37.8 Å². The molecule has 4 heterocycles. The predicted octanol–water partition coefficient (Wildman–Crippen LogP) is 9.52. The van der Waals surface area contributed by atoms with E-state index in [4.69, 9.17) is 13.8 Å². The molecule has 214 valence electrons. The Hall–Kier alpha value is -4.32. The zero-order chi connectivity index (χ0) is 28.6. The number of aromatic nitrogens is 3. The summed E-state index contributed by atoms with van der Waals surface area (Å²) in [6.07, 6.45) is 11.3. The molecule has 0 aliphatic rings. The number of rotatable bonds is 11. The highest BCUT2D eigenvalue weighted by Crippen LogP contribution is 2.45. The van der Waals surface area contributed by atoms with Gasteiger partial charge in [-0.15, -0.1) is 0 Å². The van der Waals surface area contributed by atoms with E-state index in [-0.39, 0.29) is 0 Å². The Morgan fingerprint density at radius 1 is 0.786 bits per heavy atom. The van der Waals surface area contributed by atoms with E-state index in [1.54, 1.807) is 0 Å². The highest BCUT2D eigenvalue weighted by molar-refractivity contribution is 6.34. The van der Waals surface area contributed by atoms with Crippen LogP contribution in [0.3, 0.4) is 0 Å². The van der Waals surface area contributed by atoms with Crippen LogP contribution in [0.25, 0.3) is 66.3 Å². The average Bonchev–Trinajstić information content (AvgIpc) is 3.73. The first kappa shape index (κ1) is 26.6. The Balaban J connectivity index is 1.45. The van der Waals surface area contributed by atoms with Crippen LogP contribution in [0.2, 0.25) is 0 Å². The van der Waals surface area contributed by atoms with Crippen molar-refractivity contribution in [3.8, 4) is 11.5 Å². The molecule has 6 nitrogen and oxygen atoms in total. The van der Waals surface area contributed by atoms with Gasteiger partial charge in [-0.3, -0.25) is 0 Å². The number of nitrogens with zero attached hydrogens (tertiary/aromatic N) is 3. The van der Waals surface area contributed by atoms with Crippen LogP contribution in [-0.2, 0) is 6.54 Å². The lowest BCUT2D eigenvalue weighted by atomic mass is 10.0. The summed E-state index contributed by atoms with van der Waals surface area (Å²) in [5, 5.41) is 4.49. The molecule has 6 heteroatoms. The summed E-state index contributed by atoms with van der Waals surface area (Å²) in [5.74, 6) is 0.603. The number of oxazole rings is 1. The van der Waals surface area contributed by atoms with Gasteiger partial charge in [0.2, 0.25) is 5.89 Å². The summed E-state index contributed by atoms with van der Waals surface area (Å²) in [5.41, 5.74) is 7.38. The van der Waals surface area contributed by atoms with E-state index < -0.39 is 0 Å².